The van der Waals surface area contributed by atoms with Crippen molar-refractivity contribution in [2.24, 2.45) is 0 Å². The number of amides is 1. The number of hydrogen-bond acceptors (Lipinski definition) is 3. The van der Waals surface area contributed by atoms with Crippen LogP contribution in [0.1, 0.15) is 0 Å². The highest BCUT2D eigenvalue weighted by molar-refractivity contribution is 9.10. The number of anilines is 1. The number of fused-ring (bicyclic) bond motifs is 1. The lowest BCUT2D eigenvalue weighted by atomic mass is 10.2. The van der Waals surface area contributed by atoms with Gasteiger partial charge < -0.3 is 5.32 Å². The summed E-state index contributed by atoms with van der Waals surface area (Å²) in [5.41, 5.74) is 0.888. The van der Waals surface area contributed by atoms with Gasteiger partial charge in [0.25, 0.3) is 5.56 Å². The van der Waals surface area contributed by atoms with Gasteiger partial charge in [-0.25, -0.2) is 4.98 Å². The second kappa shape index (κ2) is 6.52. The minimum absolute atomic E-state index is 0.124. The molecule has 0 bridgehead atoms. The van der Waals surface area contributed by atoms with Crippen molar-refractivity contribution in [1.82, 2.24) is 9.55 Å². The Labute approximate surface area is 145 Å². The topological polar surface area (TPSA) is 64.0 Å². The van der Waals surface area contributed by atoms with Gasteiger partial charge in [-0.1, -0.05) is 33.6 Å². The van der Waals surface area contributed by atoms with Crippen LogP contribution < -0.4 is 10.9 Å². The summed E-state index contributed by atoms with van der Waals surface area (Å²) in [5.74, 6) is -0.312. The van der Waals surface area contributed by atoms with E-state index in [0.717, 1.165) is 4.47 Å². The van der Waals surface area contributed by atoms with Gasteiger partial charge in [0.15, 0.2) is 0 Å². The normalized spacial score (nSPS) is 10.7. The van der Waals surface area contributed by atoms with Crippen molar-refractivity contribution in [3.8, 4) is 0 Å². The zero-order chi connectivity index (χ0) is 16.4. The van der Waals surface area contributed by atoms with E-state index in [-0.39, 0.29) is 18.0 Å². The molecular weight excluding hydrogens is 382 g/mol. The summed E-state index contributed by atoms with van der Waals surface area (Å²) in [6.45, 7) is -0.124. The molecule has 1 heterocycles. The van der Waals surface area contributed by atoms with Crippen LogP contribution in [0.4, 0.5) is 5.69 Å². The molecule has 1 amide bonds. The average Bonchev–Trinajstić information content (AvgIpc) is 2.50. The molecule has 23 heavy (non-hydrogen) atoms. The van der Waals surface area contributed by atoms with Crippen LogP contribution in [0.3, 0.4) is 0 Å². The third-order valence-electron chi connectivity index (χ3n) is 3.21. The highest BCUT2D eigenvalue weighted by Gasteiger charge is 2.09. The fraction of sp³-hybridized carbons (Fsp3) is 0.0625. The van der Waals surface area contributed by atoms with Crippen molar-refractivity contribution < 1.29 is 4.79 Å². The summed E-state index contributed by atoms with van der Waals surface area (Å²) in [6, 6.07) is 12.1. The van der Waals surface area contributed by atoms with E-state index in [1.54, 1.807) is 30.3 Å². The molecular formula is C16H11BrClN3O2. The van der Waals surface area contributed by atoms with Gasteiger partial charge >= 0.3 is 0 Å². The summed E-state index contributed by atoms with van der Waals surface area (Å²) < 4.78 is 2.11. The third-order valence-corrected chi connectivity index (χ3v) is 3.94. The molecule has 0 radical (unpaired) electrons. The van der Waals surface area contributed by atoms with E-state index in [4.69, 9.17) is 11.6 Å². The summed E-state index contributed by atoms with van der Waals surface area (Å²) in [4.78, 5) is 28.7. The average molecular weight is 393 g/mol. The van der Waals surface area contributed by atoms with E-state index in [9.17, 15) is 9.59 Å². The van der Waals surface area contributed by atoms with E-state index in [0.29, 0.717) is 21.6 Å². The Bertz CT molecular complexity index is 955. The molecule has 7 heteroatoms. The molecule has 2 aromatic carbocycles. The minimum Gasteiger partial charge on any atom is -0.324 e. The first-order valence-corrected chi connectivity index (χ1v) is 7.90. The first-order valence-electron chi connectivity index (χ1n) is 6.73. The second-order valence-corrected chi connectivity index (χ2v) is 6.25. The molecule has 0 aliphatic heterocycles. The summed E-state index contributed by atoms with van der Waals surface area (Å²) in [5, 5.41) is 3.57. The first kappa shape index (κ1) is 15.7. The van der Waals surface area contributed by atoms with Crippen molar-refractivity contribution in [3.05, 3.63) is 68.6 Å². The number of rotatable bonds is 3. The number of nitrogens with zero attached hydrogens (tertiary/aromatic N) is 2. The number of carbonyl (C=O) groups is 1. The van der Waals surface area contributed by atoms with E-state index >= 15 is 0 Å². The monoisotopic (exact) mass is 391 g/mol. The highest BCUT2D eigenvalue weighted by atomic mass is 79.9. The van der Waals surface area contributed by atoms with Crippen molar-refractivity contribution >= 4 is 50.0 Å². The molecule has 1 N–H and O–H groups in total. The zero-order valence-corrected chi connectivity index (χ0v) is 14.1. The van der Waals surface area contributed by atoms with Crippen LogP contribution in [0.5, 0.6) is 0 Å². The van der Waals surface area contributed by atoms with Crippen LogP contribution in [0, 0.1) is 0 Å². The van der Waals surface area contributed by atoms with E-state index < -0.39 is 0 Å². The number of carbonyl (C=O) groups excluding carboxylic acids is 1. The Kier molecular flexibility index (Phi) is 4.45. The molecule has 5 nitrogen and oxygen atoms in total. The van der Waals surface area contributed by atoms with Crippen LogP contribution in [-0.4, -0.2) is 15.5 Å². The van der Waals surface area contributed by atoms with Gasteiger partial charge in [0.1, 0.15) is 6.54 Å². The van der Waals surface area contributed by atoms with Crippen LogP contribution in [0.2, 0.25) is 5.02 Å². The Morgan fingerprint density at radius 3 is 2.87 bits per heavy atom. The predicted octanol–water partition coefficient (Wildman–Crippen LogP) is 3.45. The number of aromatic nitrogens is 2. The van der Waals surface area contributed by atoms with E-state index in [1.165, 1.54) is 10.9 Å². The molecule has 3 aromatic rings. The summed E-state index contributed by atoms with van der Waals surface area (Å²) in [6.07, 6.45) is 1.36. The molecule has 0 aliphatic rings. The minimum atomic E-state index is -0.312. The Morgan fingerprint density at radius 1 is 1.26 bits per heavy atom. The molecule has 0 unspecified atom stereocenters. The van der Waals surface area contributed by atoms with Gasteiger partial charge in [0.05, 0.1) is 17.2 Å². The number of benzene rings is 2. The maximum atomic E-state index is 12.4. The molecule has 0 saturated heterocycles. The largest absolute Gasteiger partial charge is 0.324 e. The van der Waals surface area contributed by atoms with Gasteiger partial charge in [0, 0.05) is 15.2 Å². The molecule has 0 aliphatic carbocycles. The molecule has 1 aromatic heterocycles. The maximum absolute atomic E-state index is 12.4. The molecule has 0 saturated carbocycles. The fourth-order valence-electron chi connectivity index (χ4n) is 2.17. The molecule has 116 valence electrons. The van der Waals surface area contributed by atoms with Gasteiger partial charge in [-0.05, 0) is 36.4 Å². The van der Waals surface area contributed by atoms with Gasteiger partial charge in [-0.3, -0.25) is 14.2 Å². The second-order valence-electron chi connectivity index (χ2n) is 4.90. The summed E-state index contributed by atoms with van der Waals surface area (Å²) >= 11 is 9.25. The molecule has 0 spiro atoms. The smallest absolute Gasteiger partial charge is 0.261 e. The first-order chi connectivity index (χ1) is 11.0. The summed E-state index contributed by atoms with van der Waals surface area (Å²) in [7, 11) is 0. The maximum Gasteiger partial charge on any atom is 0.261 e. The van der Waals surface area contributed by atoms with Crippen LogP contribution in [0.15, 0.2) is 58.1 Å². The zero-order valence-electron chi connectivity index (χ0n) is 11.8. The van der Waals surface area contributed by atoms with Crippen molar-refractivity contribution in [2.75, 3.05) is 5.32 Å². The fourth-order valence-corrected chi connectivity index (χ4v) is 2.74. The third kappa shape index (κ3) is 3.60. The van der Waals surface area contributed by atoms with E-state index in [1.807, 2.05) is 12.1 Å². The van der Waals surface area contributed by atoms with Gasteiger partial charge in [-0.2, -0.15) is 0 Å². The van der Waals surface area contributed by atoms with Crippen LogP contribution in [0.25, 0.3) is 10.9 Å². The van der Waals surface area contributed by atoms with Gasteiger partial charge in [-0.15, -0.1) is 0 Å². The van der Waals surface area contributed by atoms with Crippen molar-refractivity contribution in [3.63, 3.8) is 0 Å². The van der Waals surface area contributed by atoms with Gasteiger partial charge in [0.2, 0.25) is 5.91 Å². The van der Waals surface area contributed by atoms with Crippen molar-refractivity contribution in [1.29, 1.82) is 0 Å². The lowest BCUT2D eigenvalue weighted by molar-refractivity contribution is -0.116. The molecule has 0 atom stereocenters. The Hall–Kier alpha value is -2.18. The highest BCUT2D eigenvalue weighted by Crippen LogP contribution is 2.16. The number of nitrogens with one attached hydrogen (secondary N) is 1. The standard InChI is InChI=1S/C16H11BrClN3O2/c17-10-2-1-3-12(6-10)20-15(22)8-21-9-19-14-5-4-11(18)7-13(14)16(21)23/h1-7,9H,8H2,(H,20,22). The molecule has 3 rings (SSSR count). The predicted molar refractivity (Wildman–Crippen MR) is 93.8 cm³/mol. The number of hydrogen-bond donors (Lipinski definition) is 1. The quantitative estimate of drug-likeness (QED) is 0.742. The number of halogens is 2. The Morgan fingerprint density at radius 2 is 2.09 bits per heavy atom. The molecule has 0 fully saturated rings. The van der Waals surface area contributed by atoms with Crippen LogP contribution >= 0.6 is 27.5 Å². The Balaban J connectivity index is 1.85. The lowest BCUT2D eigenvalue weighted by Crippen LogP contribution is -2.27. The lowest BCUT2D eigenvalue weighted by Gasteiger charge is -2.08. The van der Waals surface area contributed by atoms with Crippen LogP contribution in [-0.2, 0) is 11.3 Å². The SMILES string of the molecule is O=C(Cn1cnc2ccc(Cl)cc2c1=O)Nc1cccc(Br)c1. The van der Waals surface area contributed by atoms with E-state index in [2.05, 4.69) is 26.2 Å². The van der Waals surface area contributed by atoms with Crippen molar-refractivity contribution in [2.45, 2.75) is 6.54 Å².